The first-order chi connectivity index (χ1) is 11.3. The lowest BCUT2D eigenvalue weighted by molar-refractivity contribution is 0.310. The van der Waals surface area contributed by atoms with Crippen LogP contribution in [0.2, 0.25) is 0 Å². The monoisotopic (exact) mass is 372 g/mol. The van der Waals surface area contributed by atoms with Crippen molar-refractivity contribution in [2.45, 2.75) is 67.3 Å². The fourth-order valence-corrected chi connectivity index (χ4v) is 5.73. The molecule has 2 fully saturated rings. The molecule has 0 radical (unpaired) electrons. The van der Waals surface area contributed by atoms with Crippen LogP contribution >= 0.6 is 0 Å². The maximum atomic E-state index is 12.5. The highest BCUT2D eigenvalue weighted by molar-refractivity contribution is 7.90. The van der Waals surface area contributed by atoms with E-state index in [1.807, 2.05) is 0 Å². The van der Waals surface area contributed by atoms with Gasteiger partial charge < -0.3 is 0 Å². The van der Waals surface area contributed by atoms with Gasteiger partial charge in [-0.05, 0) is 55.9 Å². The van der Waals surface area contributed by atoms with Crippen LogP contribution in [0.3, 0.4) is 0 Å². The first kappa shape index (κ1) is 17.8. The molecule has 0 aliphatic heterocycles. The number of benzene rings is 1. The smallest absolute Gasteiger partial charge is 0.208 e. The van der Waals surface area contributed by atoms with Gasteiger partial charge in [-0.2, -0.15) is 0 Å². The van der Waals surface area contributed by atoms with Gasteiger partial charge in [0.25, 0.3) is 0 Å². The van der Waals surface area contributed by atoms with E-state index < -0.39 is 20.0 Å². The Balaban J connectivity index is 1.74. The summed E-state index contributed by atoms with van der Waals surface area (Å²) in [6, 6.07) is 5.39. The topological polar surface area (TPSA) is 92.3 Å². The molecular formula is C16H24N2O4S2. The van der Waals surface area contributed by atoms with Gasteiger partial charge in [0.1, 0.15) is 0 Å². The van der Waals surface area contributed by atoms with Crippen molar-refractivity contribution in [1.29, 1.82) is 0 Å². The zero-order chi connectivity index (χ0) is 17.4. The molecule has 2 saturated carbocycles. The van der Waals surface area contributed by atoms with Gasteiger partial charge in [0.15, 0.2) is 0 Å². The van der Waals surface area contributed by atoms with Crippen molar-refractivity contribution >= 4 is 20.0 Å². The molecule has 0 bridgehead atoms. The molecule has 0 amide bonds. The Morgan fingerprint density at radius 3 is 1.79 bits per heavy atom. The lowest BCUT2D eigenvalue weighted by Gasteiger charge is -2.29. The summed E-state index contributed by atoms with van der Waals surface area (Å²) >= 11 is 0. The largest absolute Gasteiger partial charge is 0.240 e. The molecule has 6 nitrogen and oxygen atoms in total. The van der Waals surface area contributed by atoms with Crippen molar-refractivity contribution in [2.24, 2.45) is 5.92 Å². The maximum Gasteiger partial charge on any atom is 0.240 e. The van der Waals surface area contributed by atoms with E-state index >= 15 is 0 Å². The second-order valence-corrected chi connectivity index (χ2v) is 10.3. The Bertz CT molecular complexity index is 784. The minimum Gasteiger partial charge on any atom is -0.208 e. The van der Waals surface area contributed by atoms with E-state index in [9.17, 15) is 16.8 Å². The molecule has 0 heterocycles. The van der Waals surface area contributed by atoms with Crippen LogP contribution in [0.1, 0.15) is 45.4 Å². The SMILES string of the molecule is C[C@H]1CCCC[C@@H]1NS(=O)(=O)c1ccc(S(=O)(=O)NC2CC2)cc1. The standard InChI is InChI=1S/C16H24N2O4S2/c1-12-4-2-3-5-16(12)18-24(21,22)15-10-8-14(9-11-15)23(19,20)17-13-6-7-13/h8-13,16-18H,2-7H2,1H3/t12-,16-/m0/s1. The van der Waals surface area contributed by atoms with Crippen molar-refractivity contribution in [2.75, 3.05) is 0 Å². The summed E-state index contributed by atoms with van der Waals surface area (Å²) in [6.45, 7) is 2.06. The number of hydrogen-bond acceptors (Lipinski definition) is 4. The molecule has 8 heteroatoms. The Kier molecular flexibility index (Phi) is 5.01. The van der Waals surface area contributed by atoms with Crippen LogP contribution in [0.5, 0.6) is 0 Å². The molecule has 134 valence electrons. The van der Waals surface area contributed by atoms with Gasteiger partial charge >= 0.3 is 0 Å². The second kappa shape index (κ2) is 6.74. The van der Waals surface area contributed by atoms with Crippen molar-refractivity contribution in [3.8, 4) is 0 Å². The third-order valence-electron chi connectivity index (χ3n) is 4.76. The maximum absolute atomic E-state index is 12.5. The first-order valence-corrected chi connectivity index (χ1v) is 11.4. The van der Waals surface area contributed by atoms with Crippen molar-refractivity contribution in [1.82, 2.24) is 9.44 Å². The summed E-state index contributed by atoms with van der Waals surface area (Å²) in [5.74, 6) is 0.316. The van der Waals surface area contributed by atoms with Gasteiger partial charge in [-0.1, -0.05) is 19.8 Å². The van der Waals surface area contributed by atoms with E-state index in [0.29, 0.717) is 5.92 Å². The van der Waals surface area contributed by atoms with E-state index in [2.05, 4.69) is 16.4 Å². The molecule has 0 spiro atoms. The van der Waals surface area contributed by atoms with Crippen LogP contribution in [0.4, 0.5) is 0 Å². The van der Waals surface area contributed by atoms with Crippen LogP contribution in [0, 0.1) is 5.92 Å². The third kappa shape index (κ3) is 4.17. The molecule has 0 unspecified atom stereocenters. The normalized spacial score (nSPS) is 25.5. The van der Waals surface area contributed by atoms with Crippen LogP contribution in [-0.2, 0) is 20.0 Å². The van der Waals surface area contributed by atoms with Gasteiger partial charge in [-0.25, -0.2) is 26.3 Å². The summed E-state index contributed by atoms with van der Waals surface area (Å²) in [5.41, 5.74) is 0. The summed E-state index contributed by atoms with van der Waals surface area (Å²) in [5, 5.41) is 0. The predicted octanol–water partition coefficient (Wildman–Crippen LogP) is 1.98. The molecule has 1 aromatic rings. The number of sulfonamides is 2. The van der Waals surface area contributed by atoms with E-state index in [1.165, 1.54) is 24.3 Å². The van der Waals surface area contributed by atoms with Gasteiger partial charge in [-0.15, -0.1) is 0 Å². The first-order valence-electron chi connectivity index (χ1n) is 8.43. The van der Waals surface area contributed by atoms with E-state index in [0.717, 1.165) is 38.5 Å². The Morgan fingerprint density at radius 2 is 1.29 bits per heavy atom. The molecule has 2 aliphatic carbocycles. The molecule has 2 aliphatic rings. The molecule has 3 rings (SSSR count). The number of nitrogens with one attached hydrogen (secondary N) is 2. The molecule has 24 heavy (non-hydrogen) atoms. The van der Waals surface area contributed by atoms with E-state index in [1.54, 1.807) is 0 Å². The van der Waals surface area contributed by atoms with Crippen molar-refractivity contribution in [3.05, 3.63) is 24.3 Å². The average Bonchev–Trinajstić information content (AvgIpc) is 3.33. The minimum atomic E-state index is -3.63. The molecule has 2 atom stereocenters. The van der Waals surface area contributed by atoms with Crippen LogP contribution in [0.25, 0.3) is 0 Å². The second-order valence-electron chi connectivity index (χ2n) is 6.86. The average molecular weight is 373 g/mol. The fraction of sp³-hybridized carbons (Fsp3) is 0.625. The molecule has 1 aromatic carbocycles. The van der Waals surface area contributed by atoms with Crippen molar-refractivity contribution in [3.63, 3.8) is 0 Å². The van der Waals surface area contributed by atoms with Crippen LogP contribution < -0.4 is 9.44 Å². The fourth-order valence-electron chi connectivity index (χ4n) is 3.05. The molecule has 2 N–H and O–H groups in total. The lowest BCUT2D eigenvalue weighted by Crippen LogP contribution is -2.40. The summed E-state index contributed by atoms with van der Waals surface area (Å²) in [6.07, 6.45) is 5.75. The Morgan fingerprint density at radius 1 is 0.792 bits per heavy atom. The highest BCUT2D eigenvalue weighted by Crippen LogP contribution is 2.26. The zero-order valence-corrected chi connectivity index (χ0v) is 15.4. The van der Waals surface area contributed by atoms with E-state index in [-0.39, 0.29) is 21.9 Å². The van der Waals surface area contributed by atoms with Gasteiger partial charge in [0.05, 0.1) is 9.79 Å². The highest BCUT2D eigenvalue weighted by Gasteiger charge is 2.29. The van der Waals surface area contributed by atoms with Crippen LogP contribution in [0.15, 0.2) is 34.1 Å². The number of rotatable bonds is 6. The number of hydrogen-bond donors (Lipinski definition) is 2. The minimum absolute atomic E-state index is 0.0212. The summed E-state index contributed by atoms with van der Waals surface area (Å²) in [4.78, 5) is 0.199. The van der Waals surface area contributed by atoms with E-state index in [4.69, 9.17) is 0 Å². The van der Waals surface area contributed by atoms with Gasteiger partial charge in [0, 0.05) is 12.1 Å². The predicted molar refractivity (Wildman–Crippen MR) is 91.5 cm³/mol. The Hall–Kier alpha value is -0.960. The summed E-state index contributed by atoms with van der Waals surface area (Å²) in [7, 11) is -7.19. The summed E-state index contributed by atoms with van der Waals surface area (Å²) < 4.78 is 54.6. The third-order valence-corrected chi connectivity index (χ3v) is 7.80. The van der Waals surface area contributed by atoms with Crippen LogP contribution in [-0.4, -0.2) is 28.9 Å². The highest BCUT2D eigenvalue weighted by atomic mass is 32.2. The molecular weight excluding hydrogens is 348 g/mol. The quantitative estimate of drug-likeness (QED) is 0.799. The Labute approximate surface area is 144 Å². The molecule has 0 saturated heterocycles. The molecule has 0 aromatic heterocycles. The van der Waals surface area contributed by atoms with Gasteiger partial charge in [0.2, 0.25) is 20.0 Å². The van der Waals surface area contributed by atoms with Crippen molar-refractivity contribution < 1.29 is 16.8 Å². The lowest BCUT2D eigenvalue weighted by atomic mass is 9.87. The van der Waals surface area contributed by atoms with Gasteiger partial charge in [-0.3, -0.25) is 0 Å². The zero-order valence-electron chi connectivity index (χ0n) is 13.7.